The number of nitrogens with zero attached hydrogens (tertiary/aromatic N) is 1. The van der Waals surface area contributed by atoms with Crippen LogP contribution in [0.3, 0.4) is 0 Å². The van der Waals surface area contributed by atoms with Gasteiger partial charge in [-0.2, -0.15) is 5.26 Å². The van der Waals surface area contributed by atoms with Crippen molar-refractivity contribution >= 4 is 0 Å². The first-order chi connectivity index (χ1) is 13.2. The molecule has 0 spiro atoms. The highest BCUT2D eigenvalue weighted by Crippen LogP contribution is 2.48. The Hall–Kier alpha value is -2.14. The number of unbranched alkanes of at least 4 members (excludes halogenated alkanes) is 1. The third kappa shape index (κ3) is 3.65. The van der Waals surface area contributed by atoms with Gasteiger partial charge in [0.05, 0.1) is 5.56 Å². The standard InChI is InChI=1S/C25H28FN/c1-2-3-4-17-5-11-23-20(13-17)7-8-21-14-18(10-12-24(21)23)19-6-9-22(16-27)25(26)15-19/h6,9-10,12,14-15,17,20,23H,2-5,7-8,11,13H2,1H3. The summed E-state index contributed by atoms with van der Waals surface area (Å²) in [6.07, 6.45) is 10.7. The maximum atomic E-state index is 14.0. The zero-order chi connectivity index (χ0) is 18.8. The second kappa shape index (κ2) is 7.85. The fourth-order valence-electron chi connectivity index (χ4n) is 5.33. The molecule has 0 bridgehead atoms. The highest BCUT2D eigenvalue weighted by atomic mass is 19.1. The normalized spacial score (nSPS) is 24.0. The Morgan fingerprint density at radius 1 is 1.07 bits per heavy atom. The van der Waals surface area contributed by atoms with Crippen LogP contribution < -0.4 is 0 Å². The number of nitriles is 1. The van der Waals surface area contributed by atoms with Crippen molar-refractivity contribution in [3.63, 3.8) is 0 Å². The van der Waals surface area contributed by atoms with E-state index in [1.807, 2.05) is 12.1 Å². The van der Waals surface area contributed by atoms with E-state index in [1.54, 1.807) is 6.07 Å². The van der Waals surface area contributed by atoms with Crippen molar-refractivity contribution in [2.75, 3.05) is 0 Å². The van der Waals surface area contributed by atoms with E-state index in [-0.39, 0.29) is 5.56 Å². The molecule has 27 heavy (non-hydrogen) atoms. The van der Waals surface area contributed by atoms with Crippen LogP contribution in [0.2, 0.25) is 0 Å². The van der Waals surface area contributed by atoms with Gasteiger partial charge in [0.25, 0.3) is 0 Å². The molecule has 3 atom stereocenters. The van der Waals surface area contributed by atoms with Crippen molar-refractivity contribution in [1.82, 2.24) is 0 Å². The van der Waals surface area contributed by atoms with Gasteiger partial charge in [-0.15, -0.1) is 0 Å². The van der Waals surface area contributed by atoms with Crippen LogP contribution in [0, 0.1) is 29.0 Å². The summed E-state index contributed by atoms with van der Waals surface area (Å²) < 4.78 is 14.0. The number of aryl methyl sites for hydroxylation is 1. The fraction of sp³-hybridized carbons (Fsp3) is 0.480. The number of halogens is 1. The van der Waals surface area contributed by atoms with E-state index in [0.29, 0.717) is 0 Å². The van der Waals surface area contributed by atoms with Gasteiger partial charge in [-0.25, -0.2) is 4.39 Å². The molecule has 2 aromatic carbocycles. The summed E-state index contributed by atoms with van der Waals surface area (Å²) >= 11 is 0. The molecule has 1 fully saturated rings. The Labute approximate surface area is 162 Å². The number of hydrogen-bond donors (Lipinski definition) is 0. The summed E-state index contributed by atoms with van der Waals surface area (Å²) in [5, 5.41) is 8.92. The van der Waals surface area contributed by atoms with Gasteiger partial charge in [-0.05, 0) is 84.2 Å². The Morgan fingerprint density at radius 3 is 2.67 bits per heavy atom. The molecule has 140 valence electrons. The van der Waals surface area contributed by atoms with Gasteiger partial charge >= 0.3 is 0 Å². The SMILES string of the molecule is CCCCC1CCC2c3ccc(-c4ccc(C#N)c(F)c4)cc3CCC2C1. The van der Waals surface area contributed by atoms with E-state index in [1.165, 1.54) is 62.1 Å². The molecule has 0 saturated heterocycles. The number of rotatable bonds is 4. The molecule has 0 radical (unpaired) electrons. The van der Waals surface area contributed by atoms with Crippen molar-refractivity contribution in [1.29, 1.82) is 5.26 Å². The average molecular weight is 362 g/mol. The molecule has 3 unspecified atom stereocenters. The predicted molar refractivity (Wildman–Crippen MR) is 108 cm³/mol. The van der Waals surface area contributed by atoms with Crippen LogP contribution in [0.15, 0.2) is 36.4 Å². The molecular weight excluding hydrogens is 333 g/mol. The lowest BCUT2D eigenvalue weighted by molar-refractivity contribution is 0.200. The van der Waals surface area contributed by atoms with Gasteiger partial charge in [0.1, 0.15) is 11.9 Å². The largest absolute Gasteiger partial charge is 0.206 e. The van der Waals surface area contributed by atoms with E-state index in [4.69, 9.17) is 5.26 Å². The van der Waals surface area contributed by atoms with Crippen molar-refractivity contribution in [2.24, 2.45) is 11.8 Å². The molecule has 2 aromatic rings. The lowest BCUT2D eigenvalue weighted by Crippen LogP contribution is -2.28. The molecule has 0 N–H and O–H groups in total. The zero-order valence-corrected chi connectivity index (χ0v) is 16.2. The monoisotopic (exact) mass is 361 g/mol. The molecular formula is C25H28FN. The van der Waals surface area contributed by atoms with Crippen LogP contribution in [-0.2, 0) is 6.42 Å². The second-order valence-corrected chi connectivity index (χ2v) is 8.45. The minimum Gasteiger partial charge on any atom is -0.206 e. The average Bonchev–Trinajstić information content (AvgIpc) is 2.71. The van der Waals surface area contributed by atoms with Crippen LogP contribution in [0.1, 0.15) is 74.5 Å². The van der Waals surface area contributed by atoms with E-state index < -0.39 is 5.82 Å². The van der Waals surface area contributed by atoms with Gasteiger partial charge in [0, 0.05) is 0 Å². The van der Waals surface area contributed by atoms with Crippen LogP contribution in [0.4, 0.5) is 4.39 Å². The first kappa shape index (κ1) is 18.2. The molecule has 0 aromatic heterocycles. The molecule has 2 aliphatic rings. The first-order valence-electron chi connectivity index (χ1n) is 10.5. The highest BCUT2D eigenvalue weighted by molar-refractivity contribution is 5.66. The Kier molecular flexibility index (Phi) is 5.30. The first-order valence-corrected chi connectivity index (χ1v) is 10.5. The maximum Gasteiger partial charge on any atom is 0.141 e. The molecule has 1 saturated carbocycles. The number of hydrogen-bond acceptors (Lipinski definition) is 1. The number of benzene rings is 2. The topological polar surface area (TPSA) is 23.8 Å². The van der Waals surface area contributed by atoms with Gasteiger partial charge in [-0.3, -0.25) is 0 Å². The van der Waals surface area contributed by atoms with E-state index in [2.05, 4.69) is 25.1 Å². The lowest BCUT2D eigenvalue weighted by Gasteiger charge is -2.41. The maximum absolute atomic E-state index is 14.0. The van der Waals surface area contributed by atoms with Gasteiger partial charge in [0.2, 0.25) is 0 Å². The quantitative estimate of drug-likeness (QED) is 0.575. The third-order valence-electron chi connectivity index (χ3n) is 6.81. The molecule has 4 rings (SSSR count). The second-order valence-electron chi connectivity index (χ2n) is 8.45. The molecule has 1 nitrogen and oxygen atoms in total. The Balaban J connectivity index is 1.55. The van der Waals surface area contributed by atoms with E-state index in [9.17, 15) is 4.39 Å². The van der Waals surface area contributed by atoms with Crippen molar-refractivity contribution in [2.45, 2.75) is 64.2 Å². The van der Waals surface area contributed by atoms with Gasteiger partial charge < -0.3 is 0 Å². The highest BCUT2D eigenvalue weighted by Gasteiger charge is 2.34. The molecule has 0 aliphatic heterocycles. The van der Waals surface area contributed by atoms with Crippen molar-refractivity contribution in [3.05, 3.63) is 58.9 Å². The predicted octanol–water partition coefficient (Wildman–Crippen LogP) is 7.00. The molecule has 2 heteroatoms. The van der Waals surface area contributed by atoms with Crippen molar-refractivity contribution < 1.29 is 4.39 Å². The van der Waals surface area contributed by atoms with Crippen molar-refractivity contribution in [3.8, 4) is 17.2 Å². The third-order valence-corrected chi connectivity index (χ3v) is 6.81. The smallest absolute Gasteiger partial charge is 0.141 e. The minimum absolute atomic E-state index is 0.111. The summed E-state index contributed by atoms with van der Waals surface area (Å²) in [7, 11) is 0. The summed E-state index contributed by atoms with van der Waals surface area (Å²) in [6, 6.07) is 13.5. The molecule has 0 amide bonds. The molecule has 0 heterocycles. The summed E-state index contributed by atoms with van der Waals surface area (Å²) in [4.78, 5) is 0. The van der Waals surface area contributed by atoms with Gasteiger partial charge in [-0.1, -0.05) is 50.5 Å². The number of fused-ring (bicyclic) bond motifs is 3. The van der Waals surface area contributed by atoms with Crippen LogP contribution in [0.5, 0.6) is 0 Å². The minimum atomic E-state index is -0.432. The van der Waals surface area contributed by atoms with Crippen LogP contribution >= 0.6 is 0 Å². The van der Waals surface area contributed by atoms with Crippen LogP contribution in [-0.4, -0.2) is 0 Å². The van der Waals surface area contributed by atoms with E-state index in [0.717, 1.165) is 35.3 Å². The lowest BCUT2D eigenvalue weighted by atomic mass is 9.64. The Bertz CT molecular complexity index is 863. The van der Waals surface area contributed by atoms with Gasteiger partial charge in [0.15, 0.2) is 0 Å². The zero-order valence-electron chi connectivity index (χ0n) is 16.2. The van der Waals surface area contributed by atoms with E-state index >= 15 is 0 Å². The Morgan fingerprint density at radius 2 is 1.89 bits per heavy atom. The fourth-order valence-corrected chi connectivity index (χ4v) is 5.33. The summed E-state index contributed by atoms with van der Waals surface area (Å²) in [5.74, 6) is 2.08. The molecule has 2 aliphatic carbocycles. The summed E-state index contributed by atoms with van der Waals surface area (Å²) in [5.41, 5.74) is 5.02. The van der Waals surface area contributed by atoms with Crippen LogP contribution in [0.25, 0.3) is 11.1 Å². The summed E-state index contributed by atoms with van der Waals surface area (Å²) in [6.45, 7) is 2.29.